The van der Waals surface area contributed by atoms with Crippen molar-refractivity contribution in [1.29, 1.82) is 0 Å². The SMILES string of the molecule is CNCCNC(=O)[C@@H]1CCC[C@@H]1NC(C)(C)C. The lowest BCUT2D eigenvalue weighted by Crippen LogP contribution is -2.49. The molecule has 0 radical (unpaired) electrons. The van der Waals surface area contributed by atoms with Gasteiger partial charge in [0.1, 0.15) is 0 Å². The Balaban J connectivity index is 2.42. The van der Waals surface area contributed by atoms with Crippen molar-refractivity contribution < 1.29 is 4.79 Å². The molecule has 1 aliphatic carbocycles. The van der Waals surface area contributed by atoms with E-state index >= 15 is 0 Å². The molecule has 0 heterocycles. The molecule has 0 aromatic heterocycles. The summed E-state index contributed by atoms with van der Waals surface area (Å²) in [7, 11) is 1.89. The lowest BCUT2D eigenvalue weighted by Gasteiger charge is -2.29. The van der Waals surface area contributed by atoms with Gasteiger partial charge in [0.2, 0.25) is 5.91 Å². The van der Waals surface area contributed by atoms with Crippen molar-refractivity contribution in [2.75, 3.05) is 20.1 Å². The van der Waals surface area contributed by atoms with Gasteiger partial charge in [0.15, 0.2) is 0 Å². The molecule has 100 valence electrons. The van der Waals surface area contributed by atoms with Crippen LogP contribution in [0.2, 0.25) is 0 Å². The van der Waals surface area contributed by atoms with E-state index in [4.69, 9.17) is 0 Å². The Hall–Kier alpha value is -0.610. The Labute approximate surface area is 105 Å². The van der Waals surface area contributed by atoms with Crippen molar-refractivity contribution in [2.45, 2.75) is 51.6 Å². The molecule has 4 nitrogen and oxygen atoms in total. The lowest BCUT2D eigenvalue weighted by molar-refractivity contribution is -0.125. The summed E-state index contributed by atoms with van der Waals surface area (Å²) in [5.41, 5.74) is 0.0819. The molecule has 0 aromatic carbocycles. The molecule has 4 heteroatoms. The highest BCUT2D eigenvalue weighted by atomic mass is 16.1. The van der Waals surface area contributed by atoms with Crippen LogP contribution in [0.4, 0.5) is 0 Å². The summed E-state index contributed by atoms with van der Waals surface area (Å²) in [6.07, 6.45) is 3.28. The molecule has 1 amide bonds. The summed E-state index contributed by atoms with van der Waals surface area (Å²) in [4.78, 5) is 12.0. The van der Waals surface area contributed by atoms with E-state index in [1.165, 1.54) is 0 Å². The molecule has 1 fully saturated rings. The van der Waals surface area contributed by atoms with Gasteiger partial charge in [0.25, 0.3) is 0 Å². The molecule has 0 bridgehead atoms. The maximum Gasteiger partial charge on any atom is 0.224 e. The zero-order valence-electron chi connectivity index (χ0n) is 11.6. The van der Waals surface area contributed by atoms with Gasteiger partial charge < -0.3 is 16.0 Å². The highest BCUT2D eigenvalue weighted by Gasteiger charge is 2.34. The fraction of sp³-hybridized carbons (Fsp3) is 0.923. The normalized spacial score (nSPS) is 24.9. The summed E-state index contributed by atoms with van der Waals surface area (Å²) in [6, 6.07) is 0.338. The molecular formula is C13H27N3O. The highest BCUT2D eigenvalue weighted by Crippen LogP contribution is 2.27. The van der Waals surface area contributed by atoms with Crippen LogP contribution >= 0.6 is 0 Å². The second-order valence-corrected chi connectivity index (χ2v) is 5.93. The van der Waals surface area contributed by atoms with E-state index in [0.717, 1.165) is 25.8 Å². The Morgan fingerprint density at radius 3 is 2.53 bits per heavy atom. The summed E-state index contributed by atoms with van der Waals surface area (Å²) >= 11 is 0. The van der Waals surface area contributed by atoms with Crippen LogP contribution in [0.5, 0.6) is 0 Å². The third-order valence-corrected chi connectivity index (χ3v) is 3.15. The van der Waals surface area contributed by atoms with E-state index in [9.17, 15) is 4.79 Å². The van der Waals surface area contributed by atoms with Crippen molar-refractivity contribution in [3.63, 3.8) is 0 Å². The van der Waals surface area contributed by atoms with Gasteiger partial charge in [-0.25, -0.2) is 0 Å². The Kier molecular flexibility index (Phi) is 5.40. The number of amides is 1. The second kappa shape index (κ2) is 6.36. The topological polar surface area (TPSA) is 53.2 Å². The maximum atomic E-state index is 12.0. The van der Waals surface area contributed by atoms with Crippen LogP contribution in [0.25, 0.3) is 0 Å². The first-order valence-electron chi connectivity index (χ1n) is 6.64. The summed E-state index contributed by atoms with van der Waals surface area (Å²) in [6.45, 7) is 8.01. The van der Waals surface area contributed by atoms with Crippen LogP contribution in [-0.2, 0) is 4.79 Å². The van der Waals surface area contributed by atoms with E-state index in [2.05, 4.69) is 36.7 Å². The highest BCUT2D eigenvalue weighted by molar-refractivity contribution is 5.79. The first-order valence-corrected chi connectivity index (χ1v) is 6.64. The van der Waals surface area contributed by atoms with Crippen molar-refractivity contribution in [2.24, 2.45) is 5.92 Å². The second-order valence-electron chi connectivity index (χ2n) is 5.93. The number of hydrogen-bond acceptors (Lipinski definition) is 3. The van der Waals surface area contributed by atoms with Crippen molar-refractivity contribution in [3.05, 3.63) is 0 Å². The van der Waals surface area contributed by atoms with Gasteiger partial charge in [-0.1, -0.05) is 6.42 Å². The predicted molar refractivity (Wildman–Crippen MR) is 71.0 cm³/mol. The summed E-state index contributed by atoms with van der Waals surface area (Å²) in [5.74, 6) is 0.352. The number of nitrogens with one attached hydrogen (secondary N) is 3. The molecule has 1 rings (SSSR count). The van der Waals surface area contributed by atoms with E-state index in [0.29, 0.717) is 12.6 Å². The van der Waals surface area contributed by atoms with Gasteiger partial charge in [0, 0.05) is 24.7 Å². The predicted octanol–water partition coefficient (Wildman–Crippen LogP) is 0.879. The molecule has 0 aromatic rings. The molecule has 0 aliphatic heterocycles. The van der Waals surface area contributed by atoms with Gasteiger partial charge >= 0.3 is 0 Å². The van der Waals surface area contributed by atoms with Crippen molar-refractivity contribution in [3.8, 4) is 0 Å². The van der Waals surface area contributed by atoms with E-state index in [-0.39, 0.29) is 17.4 Å². The largest absolute Gasteiger partial charge is 0.355 e. The number of carbonyl (C=O) groups is 1. The average Bonchev–Trinajstić information content (AvgIpc) is 2.63. The third-order valence-electron chi connectivity index (χ3n) is 3.15. The summed E-state index contributed by atoms with van der Waals surface area (Å²) < 4.78 is 0. The van der Waals surface area contributed by atoms with Gasteiger partial charge in [0.05, 0.1) is 5.92 Å². The van der Waals surface area contributed by atoms with Crippen LogP contribution in [0.1, 0.15) is 40.0 Å². The van der Waals surface area contributed by atoms with Crippen LogP contribution in [0, 0.1) is 5.92 Å². The standard InChI is InChI=1S/C13H27N3O/c1-13(2,3)16-11-7-5-6-10(11)12(17)15-9-8-14-4/h10-11,14,16H,5-9H2,1-4H3,(H,15,17)/t10-,11+/m1/s1. The molecule has 17 heavy (non-hydrogen) atoms. The number of likely N-dealkylation sites (N-methyl/N-ethyl adjacent to an activating group) is 1. The van der Waals surface area contributed by atoms with Crippen LogP contribution in [0.3, 0.4) is 0 Å². The van der Waals surface area contributed by atoms with Crippen LogP contribution < -0.4 is 16.0 Å². The molecule has 0 saturated heterocycles. The fourth-order valence-corrected chi connectivity index (χ4v) is 2.44. The van der Waals surface area contributed by atoms with Gasteiger partial charge in [-0.05, 0) is 40.7 Å². The number of carbonyl (C=O) groups excluding carboxylic acids is 1. The fourth-order valence-electron chi connectivity index (χ4n) is 2.44. The van der Waals surface area contributed by atoms with E-state index < -0.39 is 0 Å². The van der Waals surface area contributed by atoms with Crippen LogP contribution in [0.15, 0.2) is 0 Å². The molecule has 0 spiro atoms. The van der Waals surface area contributed by atoms with Crippen molar-refractivity contribution in [1.82, 2.24) is 16.0 Å². The summed E-state index contributed by atoms with van der Waals surface area (Å²) in [5, 5.41) is 9.60. The molecule has 3 N–H and O–H groups in total. The van der Waals surface area contributed by atoms with Crippen molar-refractivity contribution >= 4 is 5.91 Å². The first kappa shape index (κ1) is 14.5. The maximum absolute atomic E-state index is 12.0. The minimum atomic E-state index is 0.0819. The van der Waals surface area contributed by atoms with Gasteiger partial charge in [-0.2, -0.15) is 0 Å². The van der Waals surface area contributed by atoms with Gasteiger partial charge in [-0.15, -0.1) is 0 Å². The molecule has 0 unspecified atom stereocenters. The Morgan fingerprint density at radius 1 is 1.24 bits per heavy atom. The molecular weight excluding hydrogens is 214 g/mol. The van der Waals surface area contributed by atoms with Gasteiger partial charge in [-0.3, -0.25) is 4.79 Å². The Bertz CT molecular complexity index is 248. The molecule has 1 aliphatic rings. The first-order chi connectivity index (χ1) is 7.94. The smallest absolute Gasteiger partial charge is 0.224 e. The minimum absolute atomic E-state index is 0.0819. The monoisotopic (exact) mass is 241 g/mol. The quantitative estimate of drug-likeness (QED) is 0.626. The third kappa shape index (κ3) is 5.04. The van der Waals surface area contributed by atoms with E-state index in [1.807, 2.05) is 7.05 Å². The average molecular weight is 241 g/mol. The Morgan fingerprint density at radius 2 is 1.94 bits per heavy atom. The van der Waals surface area contributed by atoms with E-state index in [1.54, 1.807) is 0 Å². The zero-order valence-corrected chi connectivity index (χ0v) is 11.6. The van der Waals surface area contributed by atoms with Crippen LogP contribution in [-0.4, -0.2) is 37.6 Å². The zero-order chi connectivity index (χ0) is 12.9. The number of rotatable bonds is 5. The molecule has 1 saturated carbocycles. The number of hydrogen-bond donors (Lipinski definition) is 3. The lowest BCUT2D eigenvalue weighted by atomic mass is 9.98. The minimum Gasteiger partial charge on any atom is -0.355 e. The molecule has 2 atom stereocenters.